The molecule has 0 aromatic carbocycles. The molecule has 1 rings (SSSR count). The van der Waals surface area contributed by atoms with E-state index in [1.165, 1.54) is 0 Å². The molecule has 2 unspecified atom stereocenters. The molecule has 1 heterocycles. The minimum Gasteiger partial charge on any atom is -0.370 e. The maximum Gasteiger partial charge on any atom is 0.107 e. The summed E-state index contributed by atoms with van der Waals surface area (Å²) in [6.45, 7) is 6.82. The molecular formula is C10H17NO2. The van der Waals surface area contributed by atoms with Gasteiger partial charge in [0.1, 0.15) is 6.61 Å². The molecule has 74 valence electrons. The van der Waals surface area contributed by atoms with E-state index >= 15 is 0 Å². The molecular weight excluding hydrogens is 166 g/mol. The lowest BCUT2D eigenvalue weighted by Gasteiger charge is -2.28. The Labute approximate surface area is 79.8 Å². The van der Waals surface area contributed by atoms with Crippen molar-refractivity contribution in [3.05, 3.63) is 0 Å². The average Bonchev–Trinajstić information content (AvgIpc) is 2.13. The van der Waals surface area contributed by atoms with Gasteiger partial charge in [0.2, 0.25) is 0 Å². The van der Waals surface area contributed by atoms with E-state index in [1.54, 1.807) is 0 Å². The van der Waals surface area contributed by atoms with Crippen LogP contribution in [0.25, 0.3) is 0 Å². The fraction of sp³-hybridized carbons (Fsp3) is 0.800. The van der Waals surface area contributed by atoms with Crippen LogP contribution >= 0.6 is 0 Å². The van der Waals surface area contributed by atoms with Crippen LogP contribution in [-0.4, -0.2) is 38.5 Å². The Morgan fingerprint density at radius 2 is 2.38 bits per heavy atom. The first-order valence-electron chi connectivity index (χ1n) is 4.66. The van der Waals surface area contributed by atoms with E-state index in [-0.39, 0.29) is 6.10 Å². The van der Waals surface area contributed by atoms with Gasteiger partial charge in [0.25, 0.3) is 0 Å². The molecule has 0 saturated carbocycles. The van der Waals surface area contributed by atoms with Crippen LogP contribution in [0.4, 0.5) is 0 Å². The molecule has 13 heavy (non-hydrogen) atoms. The van der Waals surface area contributed by atoms with Crippen LogP contribution in [0, 0.1) is 11.8 Å². The third kappa shape index (κ3) is 4.28. The Morgan fingerprint density at radius 1 is 1.54 bits per heavy atom. The Balaban J connectivity index is 2.08. The number of nitrogens with one attached hydrogen (secondary N) is 1. The third-order valence-electron chi connectivity index (χ3n) is 1.88. The minimum atomic E-state index is 0.183. The summed E-state index contributed by atoms with van der Waals surface area (Å²) in [5.74, 6) is 5.63. The first-order chi connectivity index (χ1) is 6.33. The summed E-state index contributed by atoms with van der Waals surface area (Å²) in [6.07, 6.45) is 0.474. The zero-order valence-electron chi connectivity index (χ0n) is 8.30. The predicted molar refractivity (Wildman–Crippen MR) is 51.5 cm³/mol. The Bertz CT molecular complexity index is 195. The van der Waals surface area contributed by atoms with Gasteiger partial charge in [0.05, 0.1) is 18.8 Å². The topological polar surface area (TPSA) is 30.5 Å². The van der Waals surface area contributed by atoms with Crippen LogP contribution in [0.5, 0.6) is 0 Å². The maximum atomic E-state index is 5.63. The second-order valence-electron chi connectivity index (χ2n) is 3.17. The van der Waals surface area contributed by atoms with Crippen molar-refractivity contribution in [2.75, 3.05) is 26.3 Å². The van der Waals surface area contributed by atoms with Crippen LogP contribution in [0.15, 0.2) is 0 Å². The van der Waals surface area contributed by atoms with Gasteiger partial charge in [-0.2, -0.15) is 0 Å². The highest BCUT2D eigenvalue weighted by molar-refractivity contribution is 4.94. The van der Waals surface area contributed by atoms with Gasteiger partial charge in [0.15, 0.2) is 0 Å². The van der Waals surface area contributed by atoms with Gasteiger partial charge in [-0.25, -0.2) is 0 Å². The lowest BCUT2D eigenvalue weighted by atomic mass is 10.2. The lowest BCUT2D eigenvalue weighted by Crippen LogP contribution is -2.45. The number of hydrogen-bond acceptors (Lipinski definition) is 3. The van der Waals surface area contributed by atoms with Crippen LogP contribution in [-0.2, 0) is 9.47 Å². The number of morpholine rings is 1. The molecule has 0 radical (unpaired) electrons. The van der Waals surface area contributed by atoms with Crippen molar-refractivity contribution in [2.24, 2.45) is 0 Å². The van der Waals surface area contributed by atoms with Crippen molar-refractivity contribution < 1.29 is 9.47 Å². The molecule has 1 aliphatic rings. The average molecular weight is 183 g/mol. The fourth-order valence-electron chi connectivity index (χ4n) is 1.28. The van der Waals surface area contributed by atoms with Gasteiger partial charge in [-0.3, -0.25) is 0 Å². The summed E-state index contributed by atoms with van der Waals surface area (Å²) in [6, 6.07) is 0. The first-order valence-corrected chi connectivity index (χ1v) is 4.66. The van der Waals surface area contributed by atoms with Crippen LogP contribution < -0.4 is 5.32 Å². The Hall–Kier alpha value is -0.560. The smallest absolute Gasteiger partial charge is 0.107 e. The number of ether oxygens (including phenoxy) is 2. The second kappa shape index (κ2) is 5.98. The molecule has 3 nitrogen and oxygen atoms in total. The van der Waals surface area contributed by atoms with Gasteiger partial charge in [-0.05, 0) is 13.8 Å². The highest BCUT2D eigenvalue weighted by atomic mass is 16.5. The molecule has 3 heteroatoms. The molecule has 1 fully saturated rings. The van der Waals surface area contributed by atoms with Crippen molar-refractivity contribution in [3.63, 3.8) is 0 Å². The van der Waals surface area contributed by atoms with Crippen LogP contribution in [0.1, 0.15) is 13.8 Å². The number of rotatable bonds is 3. The standard InChI is InChI=1S/C10H17NO2/c1-3-4-5-12-8-10-7-11-6-9(2)13-10/h9-11H,5-8H2,1-2H3. The number of hydrogen-bond donors (Lipinski definition) is 1. The van der Waals surface area contributed by atoms with Crippen molar-refractivity contribution in [1.82, 2.24) is 5.32 Å². The third-order valence-corrected chi connectivity index (χ3v) is 1.88. The predicted octanol–water partition coefficient (Wildman–Crippen LogP) is 0.403. The summed E-state index contributed by atoms with van der Waals surface area (Å²) in [4.78, 5) is 0. The summed E-state index contributed by atoms with van der Waals surface area (Å²) >= 11 is 0. The summed E-state index contributed by atoms with van der Waals surface area (Å²) in [5, 5.41) is 3.28. The van der Waals surface area contributed by atoms with Gasteiger partial charge in [-0.15, -0.1) is 5.92 Å². The lowest BCUT2D eigenvalue weighted by molar-refractivity contribution is -0.0642. The van der Waals surface area contributed by atoms with Gasteiger partial charge in [-0.1, -0.05) is 5.92 Å². The Morgan fingerprint density at radius 3 is 3.08 bits per heavy atom. The highest BCUT2D eigenvalue weighted by Gasteiger charge is 2.18. The van der Waals surface area contributed by atoms with E-state index < -0.39 is 0 Å². The largest absolute Gasteiger partial charge is 0.370 e. The normalized spacial score (nSPS) is 27.8. The van der Waals surface area contributed by atoms with Crippen molar-refractivity contribution in [3.8, 4) is 11.8 Å². The monoisotopic (exact) mass is 183 g/mol. The van der Waals surface area contributed by atoms with Crippen molar-refractivity contribution >= 4 is 0 Å². The molecule has 0 aromatic heterocycles. The van der Waals surface area contributed by atoms with E-state index in [1.807, 2.05) is 6.92 Å². The van der Waals surface area contributed by atoms with Gasteiger partial charge >= 0.3 is 0 Å². The molecule has 0 amide bonds. The van der Waals surface area contributed by atoms with E-state index in [0.29, 0.717) is 19.3 Å². The zero-order valence-corrected chi connectivity index (χ0v) is 8.30. The Kier molecular flexibility index (Phi) is 4.84. The minimum absolute atomic E-state index is 0.183. The maximum absolute atomic E-state index is 5.63. The molecule has 1 saturated heterocycles. The zero-order chi connectivity index (χ0) is 9.52. The van der Waals surface area contributed by atoms with E-state index in [9.17, 15) is 0 Å². The van der Waals surface area contributed by atoms with Crippen molar-refractivity contribution in [1.29, 1.82) is 0 Å². The summed E-state index contributed by atoms with van der Waals surface area (Å²) in [5.41, 5.74) is 0. The van der Waals surface area contributed by atoms with Crippen LogP contribution in [0.2, 0.25) is 0 Å². The van der Waals surface area contributed by atoms with E-state index in [4.69, 9.17) is 9.47 Å². The summed E-state index contributed by atoms with van der Waals surface area (Å²) < 4.78 is 11.0. The molecule has 1 aliphatic heterocycles. The van der Waals surface area contributed by atoms with E-state index in [0.717, 1.165) is 13.1 Å². The molecule has 0 spiro atoms. The molecule has 1 N–H and O–H groups in total. The van der Waals surface area contributed by atoms with Crippen molar-refractivity contribution in [2.45, 2.75) is 26.1 Å². The molecule has 0 aliphatic carbocycles. The highest BCUT2D eigenvalue weighted by Crippen LogP contribution is 2.02. The quantitative estimate of drug-likeness (QED) is 0.507. The van der Waals surface area contributed by atoms with E-state index in [2.05, 4.69) is 24.1 Å². The summed E-state index contributed by atoms with van der Waals surface area (Å²) in [7, 11) is 0. The van der Waals surface area contributed by atoms with Gasteiger partial charge < -0.3 is 14.8 Å². The fourth-order valence-corrected chi connectivity index (χ4v) is 1.28. The molecule has 0 bridgehead atoms. The first kappa shape index (κ1) is 10.5. The molecule has 2 atom stereocenters. The SMILES string of the molecule is CC#CCOCC1CNCC(C)O1. The van der Waals surface area contributed by atoms with Gasteiger partial charge in [0, 0.05) is 13.1 Å². The second-order valence-corrected chi connectivity index (χ2v) is 3.17. The van der Waals surface area contributed by atoms with Crippen LogP contribution in [0.3, 0.4) is 0 Å². The molecule has 0 aromatic rings.